The summed E-state index contributed by atoms with van der Waals surface area (Å²) in [5.74, 6) is -3.01. The standard InChI is InChI=1S/C22H20FN7O5S/c1-10(2)30-16(31)6-15(27-30)25-20(33)11-7-28(8-11)19-14(23)5-12-17(32)13(21(34)35)9-29(18(12)26-19)22-24-3-4-36-22/h3-6,9-11,31H,7-8H2,1-2H3,(H,34,35)(H,25,27,33). The Morgan fingerprint density at radius 1 is 1.28 bits per heavy atom. The van der Waals surface area contributed by atoms with E-state index in [4.69, 9.17) is 0 Å². The fourth-order valence-corrected chi connectivity index (χ4v) is 4.56. The van der Waals surface area contributed by atoms with Crippen molar-refractivity contribution in [3.8, 4) is 11.0 Å². The second-order valence-corrected chi connectivity index (χ2v) is 9.42. The summed E-state index contributed by atoms with van der Waals surface area (Å²) in [6.45, 7) is 3.99. The number of thiazole rings is 1. The predicted octanol–water partition coefficient (Wildman–Crippen LogP) is 2.24. The molecule has 0 bridgehead atoms. The number of nitrogens with one attached hydrogen (secondary N) is 1. The van der Waals surface area contributed by atoms with E-state index in [0.29, 0.717) is 5.13 Å². The maximum atomic E-state index is 15.0. The molecule has 1 saturated heterocycles. The molecule has 1 aliphatic rings. The molecule has 0 aromatic carbocycles. The van der Waals surface area contributed by atoms with E-state index in [0.717, 1.165) is 12.3 Å². The molecule has 12 nitrogen and oxygen atoms in total. The molecule has 4 aromatic heterocycles. The van der Waals surface area contributed by atoms with Crippen LogP contribution in [0.4, 0.5) is 16.0 Å². The number of amides is 1. The summed E-state index contributed by atoms with van der Waals surface area (Å²) in [5.41, 5.74) is -1.33. The highest BCUT2D eigenvalue weighted by atomic mass is 32.1. The largest absolute Gasteiger partial charge is 0.493 e. The van der Waals surface area contributed by atoms with E-state index in [1.54, 1.807) is 10.3 Å². The Morgan fingerprint density at radius 3 is 2.64 bits per heavy atom. The number of pyridine rings is 2. The van der Waals surface area contributed by atoms with Gasteiger partial charge in [0.2, 0.25) is 17.2 Å². The summed E-state index contributed by atoms with van der Waals surface area (Å²) in [6, 6.07) is 2.22. The summed E-state index contributed by atoms with van der Waals surface area (Å²) >= 11 is 1.20. The molecule has 14 heteroatoms. The van der Waals surface area contributed by atoms with Crippen molar-refractivity contribution < 1.29 is 24.2 Å². The molecule has 0 unspecified atom stereocenters. The van der Waals surface area contributed by atoms with Gasteiger partial charge in [0.1, 0.15) is 5.56 Å². The zero-order valence-corrected chi connectivity index (χ0v) is 19.9. The average Bonchev–Trinajstić information content (AvgIpc) is 3.43. The Labute approximate surface area is 206 Å². The Morgan fingerprint density at radius 2 is 2.03 bits per heavy atom. The summed E-state index contributed by atoms with van der Waals surface area (Å²) < 4.78 is 17.7. The zero-order chi connectivity index (χ0) is 25.7. The lowest BCUT2D eigenvalue weighted by atomic mass is 9.99. The third-order valence-electron chi connectivity index (χ3n) is 5.78. The fourth-order valence-electron chi connectivity index (χ4n) is 3.94. The first-order valence-corrected chi connectivity index (χ1v) is 11.8. The first kappa shape index (κ1) is 23.4. The van der Waals surface area contributed by atoms with Crippen LogP contribution in [0.5, 0.6) is 5.88 Å². The maximum Gasteiger partial charge on any atom is 0.341 e. The van der Waals surface area contributed by atoms with Gasteiger partial charge < -0.3 is 20.4 Å². The van der Waals surface area contributed by atoms with E-state index in [1.165, 1.54) is 32.8 Å². The van der Waals surface area contributed by atoms with Crippen LogP contribution in [0.2, 0.25) is 0 Å². The van der Waals surface area contributed by atoms with Gasteiger partial charge >= 0.3 is 5.97 Å². The van der Waals surface area contributed by atoms with Crippen molar-refractivity contribution in [1.29, 1.82) is 0 Å². The number of fused-ring (bicyclic) bond motifs is 1. The highest BCUT2D eigenvalue weighted by Crippen LogP contribution is 2.30. The number of aromatic nitrogens is 5. The Hall–Kier alpha value is -4.33. The normalized spacial score (nSPS) is 13.8. The number of aromatic hydroxyl groups is 1. The minimum atomic E-state index is -1.44. The van der Waals surface area contributed by atoms with Crippen LogP contribution >= 0.6 is 11.3 Å². The summed E-state index contributed by atoms with van der Waals surface area (Å²) in [7, 11) is 0. The van der Waals surface area contributed by atoms with Crippen molar-refractivity contribution in [3.05, 3.63) is 51.5 Å². The van der Waals surface area contributed by atoms with E-state index in [9.17, 15) is 24.6 Å². The minimum absolute atomic E-state index is 0.0546. The molecule has 1 amide bonds. The van der Waals surface area contributed by atoms with Crippen molar-refractivity contribution in [3.63, 3.8) is 0 Å². The third-order valence-corrected chi connectivity index (χ3v) is 6.55. The fraction of sp³-hybridized carbons (Fsp3) is 0.273. The van der Waals surface area contributed by atoms with Crippen molar-refractivity contribution >= 4 is 45.9 Å². The molecule has 3 N–H and O–H groups in total. The summed E-state index contributed by atoms with van der Waals surface area (Å²) in [5, 5.41) is 28.0. The van der Waals surface area contributed by atoms with Crippen molar-refractivity contribution in [2.24, 2.45) is 5.92 Å². The van der Waals surface area contributed by atoms with Crippen LogP contribution in [0.15, 0.2) is 34.7 Å². The van der Waals surface area contributed by atoms with Crippen LogP contribution in [-0.2, 0) is 4.79 Å². The SMILES string of the molecule is CC(C)n1nc(NC(=O)C2CN(c3nc4c(cc3F)c(=O)c(C(=O)O)cn4-c3nccs3)C2)cc1O. The van der Waals surface area contributed by atoms with Crippen molar-refractivity contribution in [1.82, 2.24) is 24.3 Å². The molecule has 5 heterocycles. The number of anilines is 2. The minimum Gasteiger partial charge on any atom is -0.493 e. The molecular formula is C22H20FN7O5S. The van der Waals surface area contributed by atoms with Crippen LogP contribution in [0.25, 0.3) is 16.2 Å². The predicted molar refractivity (Wildman–Crippen MR) is 129 cm³/mol. The van der Waals surface area contributed by atoms with E-state index in [-0.39, 0.29) is 53.6 Å². The van der Waals surface area contributed by atoms with Gasteiger partial charge in [0.05, 0.1) is 17.3 Å². The number of hydrogen-bond acceptors (Lipinski definition) is 9. The number of halogens is 1. The smallest absolute Gasteiger partial charge is 0.341 e. The Balaban J connectivity index is 1.42. The average molecular weight is 514 g/mol. The number of rotatable bonds is 6. The van der Waals surface area contributed by atoms with Crippen LogP contribution in [0.1, 0.15) is 30.2 Å². The maximum absolute atomic E-state index is 15.0. The highest BCUT2D eigenvalue weighted by molar-refractivity contribution is 7.12. The molecule has 36 heavy (non-hydrogen) atoms. The van der Waals surface area contributed by atoms with Crippen molar-refractivity contribution in [2.75, 3.05) is 23.3 Å². The number of carbonyl (C=O) groups is 2. The van der Waals surface area contributed by atoms with Gasteiger partial charge in [-0.05, 0) is 19.9 Å². The number of carboxylic acid groups (broad SMARTS) is 1. The van der Waals surface area contributed by atoms with Crippen LogP contribution in [-0.4, -0.2) is 59.5 Å². The van der Waals surface area contributed by atoms with Crippen LogP contribution in [0.3, 0.4) is 0 Å². The molecule has 4 aromatic rings. The van der Waals surface area contributed by atoms with E-state index in [1.807, 2.05) is 13.8 Å². The van der Waals surface area contributed by atoms with Gasteiger partial charge in [0.25, 0.3) is 0 Å². The highest BCUT2D eigenvalue weighted by Gasteiger charge is 2.36. The van der Waals surface area contributed by atoms with Crippen LogP contribution < -0.4 is 15.6 Å². The van der Waals surface area contributed by atoms with Crippen molar-refractivity contribution in [2.45, 2.75) is 19.9 Å². The molecule has 0 radical (unpaired) electrons. The molecule has 186 valence electrons. The lowest BCUT2D eigenvalue weighted by Crippen LogP contribution is -2.52. The lowest BCUT2D eigenvalue weighted by Gasteiger charge is -2.39. The van der Waals surface area contributed by atoms with Gasteiger partial charge in [-0.3, -0.25) is 14.2 Å². The quantitative estimate of drug-likeness (QED) is 0.352. The number of carboxylic acids is 1. The van der Waals surface area contributed by atoms with E-state index in [2.05, 4.69) is 20.4 Å². The van der Waals surface area contributed by atoms with Crippen LogP contribution in [0, 0.1) is 11.7 Å². The van der Waals surface area contributed by atoms with Gasteiger partial charge in [-0.1, -0.05) is 0 Å². The zero-order valence-electron chi connectivity index (χ0n) is 19.0. The lowest BCUT2D eigenvalue weighted by molar-refractivity contribution is -0.120. The molecule has 0 aliphatic carbocycles. The third kappa shape index (κ3) is 3.94. The Bertz CT molecular complexity index is 1560. The summed E-state index contributed by atoms with van der Waals surface area (Å²) in [4.78, 5) is 46.9. The van der Waals surface area contributed by atoms with E-state index < -0.39 is 28.7 Å². The molecule has 1 fully saturated rings. The first-order valence-electron chi connectivity index (χ1n) is 10.9. The summed E-state index contributed by atoms with van der Waals surface area (Å²) in [6.07, 6.45) is 2.63. The van der Waals surface area contributed by atoms with Gasteiger partial charge in [-0.2, -0.15) is 5.10 Å². The van der Waals surface area contributed by atoms with Gasteiger partial charge in [-0.15, -0.1) is 11.3 Å². The molecule has 1 aliphatic heterocycles. The number of aromatic carboxylic acids is 1. The number of nitrogens with zero attached hydrogens (tertiary/aromatic N) is 6. The molecule has 0 spiro atoms. The van der Waals surface area contributed by atoms with E-state index >= 15 is 4.39 Å². The monoisotopic (exact) mass is 513 g/mol. The Kier molecular flexibility index (Phi) is 5.67. The second kappa shape index (κ2) is 8.71. The van der Waals surface area contributed by atoms with Gasteiger partial charge in [0.15, 0.2) is 28.2 Å². The molecule has 0 atom stereocenters. The van der Waals surface area contributed by atoms with Gasteiger partial charge in [-0.25, -0.2) is 23.8 Å². The number of carbonyl (C=O) groups excluding carboxylic acids is 1. The molecule has 0 saturated carbocycles. The molecule has 5 rings (SSSR count). The number of hydrogen-bond donors (Lipinski definition) is 3. The van der Waals surface area contributed by atoms with Gasteiger partial charge in [0, 0.05) is 36.9 Å². The first-order chi connectivity index (χ1) is 17.1. The topological polar surface area (TPSA) is 155 Å². The second-order valence-electron chi connectivity index (χ2n) is 8.54. The molecular weight excluding hydrogens is 493 g/mol.